The first-order valence-electron chi connectivity index (χ1n) is 11.6. The van der Waals surface area contributed by atoms with Crippen molar-refractivity contribution in [2.75, 3.05) is 0 Å². The van der Waals surface area contributed by atoms with Crippen molar-refractivity contribution in [3.63, 3.8) is 0 Å². The second-order valence-electron chi connectivity index (χ2n) is 10.1. The maximum absolute atomic E-state index is 13.6. The number of imidazole rings is 1. The number of H-pyrrole nitrogens is 1. The lowest BCUT2D eigenvalue weighted by Gasteiger charge is -2.36. The van der Waals surface area contributed by atoms with Crippen LogP contribution in [0.4, 0.5) is 0 Å². The molecule has 10 heteroatoms. The highest BCUT2D eigenvalue weighted by atomic mass is 16.4. The molecule has 2 aromatic heterocycles. The van der Waals surface area contributed by atoms with Crippen LogP contribution in [0.3, 0.4) is 0 Å². The van der Waals surface area contributed by atoms with E-state index in [1.807, 2.05) is 58.9 Å². The van der Waals surface area contributed by atoms with Crippen LogP contribution in [0.25, 0.3) is 0 Å². The van der Waals surface area contributed by atoms with Gasteiger partial charge in [0.15, 0.2) is 0 Å². The van der Waals surface area contributed by atoms with E-state index in [4.69, 9.17) is 4.42 Å². The highest BCUT2D eigenvalue weighted by molar-refractivity contribution is 6.01. The normalized spacial score (nSPS) is 16.6. The molecule has 2 N–H and O–H groups in total. The molecule has 184 valence electrons. The molecule has 0 saturated heterocycles. The zero-order valence-electron chi connectivity index (χ0n) is 20.5. The van der Waals surface area contributed by atoms with Gasteiger partial charge in [-0.15, -0.1) is 10.2 Å². The number of Topliss-reactive ketones (excluding diaryl/α,β-unsaturated/α-hetero) is 1. The molecule has 0 radical (unpaired) electrons. The fourth-order valence-electron chi connectivity index (χ4n) is 4.04. The van der Waals surface area contributed by atoms with E-state index in [1.54, 1.807) is 0 Å². The number of aromatic nitrogens is 4. The van der Waals surface area contributed by atoms with Gasteiger partial charge >= 0.3 is 0 Å². The number of fused-ring (bicyclic) bond motifs is 1. The minimum Gasteiger partial charge on any atom is -0.418 e. The lowest BCUT2D eigenvalue weighted by Crippen LogP contribution is -2.56. The molecule has 0 saturated carbocycles. The van der Waals surface area contributed by atoms with Crippen molar-refractivity contribution in [2.24, 2.45) is 5.92 Å². The predicted molar refractivity (Wildman–Crippen MR) is 126 cm³/mol. The molecule has 10 nitrogen and oxygen atoms in total. The van der Waals surface area contributed by atoms with Crippen LogP contribution in [0.2, 0.25) is 0 Å². The number of carbonyl (C=O) groups is 3. The Hall–Kier alpha value is -3.82. The molecular formula is C25H30N6O4. The van der Waals surface area contributed by atoms with Crippen LogP contribution in [0, 0.1) is 5.92 Å². The summed E-state index contributed by atoms with van der Waals surface area (Å²) in [5.41, 5.74) is 1.84. The zero-order valence-corrected chi connectivity index (χ0v) is 20.5. The molecule has 1 aromatic carbocycles. The molecule has 35 heavy (non-hydrogen) atoms. The first-order valence-corrected chi connectivity index (χ1v) is 11.6. The predicted octanol–water partition coefficient (Wildman–Crippen LogP) is 2.68. The van der Waals surface area contributed by atoms with Crippen molar-refractivity contribution in [2.45, 2.75) is 65.1 Å². The number of carbonyl (C=O) groups excluding carboxylic acids is 3. The van der Waals surface area contributed by atoms with Gasteiger partial charge in [-0.25, -0.2) is 4.98 Å². The average molecular weight is 479 g/mol. The summed E-state index contributed by atoms with van der Waals surface area (Å²) in [4.78, 5) is 48.3. The Bertz CT molecular complexity index is 1220. The summed E-state index contributed by atoms with van der Waals surface area (Å²) in [6.07, 6.45) is 3.18. The van der Waals surface area contributed by atoms with Crippen molar-refractivity contribution in [1.29, 1.82) is 0 Å². The molecule has 0 spiro atoms. The molecule has 0 unspecified atom stereocenters. The topological polar surface area (TPSA) is 134 Å². The Morgan fingerprint density at radius 1 is 1.14 bits per heavy atom. The third kappa shape index (κ3) is 5.01. The third-order valence-electron chi connectivity index (χ3n) is 6.06. The van der Waals surface area contributed by atoms with Gasteiger partial charge in [0.25, 0.3) is 11.8 Å². The number of rotatable bonds is 6. The van der Waals surface area contributed by atoms with Crippen molar-refractivity contribution in [3.8, 4) is 0 Å². The number of nitrogens with one attached hydrogen (secondary N) is 2. The number of aromatic amines is 1. The number of nitrogens with zero attached hydrogens (tertiary/aromatic N) is 4. The minimum absolute atomic E-state index is 0.145. The fourth-order valence-corrected chi connectivity index (χ4v) is 4.04. The van der Waals surface area contributed by atoms with Crippen LogP contribution in [-0.4, -0.2) is 54.7 Å². The van der Waals surface area contributed by atoms with Crippen molar-refractivity contribution < 1.29 is 18.8 Å². The van der Waals surface area contributed by atoms with E-state index >= 15 is 0 Å². The monoisotopic (exact) mass is 478 g/mol. The van der Waals surface area contributed by atoms with E-state index in [-0.39, 0.29) is 24.3 Å². The molecule has 3 heterocycles. The molecule has 4 rings (SSSR count). The lowest BCUT2D eigenvalue weighted by atomic mass is 9.92. The van der Waals surface area contributed by atoms with Gasteiger partial charge < -0.3 is 19.6 Å². The molecule has 0 fully saturated rings. The summed E-state index contributed by atoms with van der Waals surface area (Å²) < 4.78 is 5.62. The quantitative estimate of drug-likeness (QED) is 0.520. The minimum atomic E-state index is -0.892. The van der Waals surface area contributed by atoms with Gasteiger partial charge in [-0.1, -0.05) is 58.9 Å². The molecule has 0 aliphatic carbocycles. The Balaban J connectivity index is 1.60. The van der Waals surface area contributed by atoms with Crippen LogP contribution in [0.15, 0.2) is 41.2 Å². The van der Waals surface area contributed by atoms with Crippen LogP contribution in [-0.2, 0) is 23.2 Å². The van der Waals surface area contributed by atoms with Crippen LogP contribution in [0.5, 0.6) is 0 Å². The molecular weight excluding hydrogens is 448 g/mol. The highest BCUT2D eigenvalue weighted by Crippen LogP contribution is 2.26. The average Bonchev–Trinajstić information content (AvgIpc) is 3.53. The van der Waals surface area contributed by atoms with Crippen molar-refractivity contribution >= 4 is 17.6 Å². The first kappa shape index (κ1) is 24.3. The summed E-state index contributed by atoms with van der Waals surface area (Å²) in [5.74, 6) is -1.27. The van der Waals surface area contributed by atoms with E-state index in [2.05, 4.69) is 25.5 Å². The Kier molecular flexibility index (Phi) is 6.56. The van der Waals surface area contributed by atoms with Gasteiger partial charge in [0, 0.05) is 18.4 Å². The summed E-state index contributed by atoms with van der Waals surface area (Å²) in [6, 6.07) is 6.01. The second-order valence-corrected chi connectivity index (χ2v) is 10.1. The Morgan fingerprint density at radius 3 is 2.46 bits per heavy atom. The summed E-state index contributed by atoms with van der Waals surface area (Å²) >= 11 is 0. The molecule has 2 amide bonds. The highest BCUT2D eigenvalue weighted by Gasteiger charge is 2.38. The molecule has 2 atom stereocenters. The number of ketones is 1. The van der Waals surface area contributed by atoms with Gasteiger partial charge in [-0.3, -0.25) is 14.4 Å². The van der Waals surface area contributed by atoms with Gasteiger partial charge in [0.05, 0.1) is 18.6 Å². The second kappa shape index (κ2) is 9.44. The largest absolute Gasteiger partial charge is 0.418 e. The zero-order chi connectivity index (χ0) is 25.3. The summed E-state index contributed by atoms with van der Waals surface area (Å²) in [6.45, 7) is 9.64. The SMILES string of the molecule is CC(C)[C@H](NC(=O)[C@@H]1Cc2ccccc2CN1C(=O)c1cnc[nH]1)C(=O)c1nnc(C(C)(C)C)o1. The van der Waals surface area contributed by atoms with Crippen LogP contribution < -0.4 is 5.32 Å². The summed E-state index contributed by atoms with van der Waals surface area (Å²) in [5, 5.41) is 10.8. The smallest absolute Gasteiger partial charge is 0.286 e. The van der Waals surface area contributed by atoms with Gasteiger partial charge in [0.1, 0.15) is 11.7 Å². The van der Waals surface area contributed by atoms with E-state index in [0.29, 0.717) is 18.0 Å². The Morgan fingerprint density at radius 2 is 1.86 bits per heavy atom. The molecule has 0 bridgehead atoms. The number of benzene rings is 1. The fraction of sp³-hybridized carbons (Fsp3) is 0.440. The molecule has 1 aliphatic rings. The van der Waals surface area contributed by atoms with Crippen LogP contribution in [0.1, 0.15) is 72.8 Å². The van der Waals surface area contributed by atoms with Gasteiger partial charge in [0.2, 0.25) is 17.6 Å². The van der Waals surface area contributed by atoms with Crippen molar-refractivity contribution in [3.05, 3.63) is 65.4 Å². The Labute approximate surface area is 203 Å². The van der Waals surface area contributed by atoms with Gasteiger partial charge in [-0.2, -0.15) is 0 Å². The van der Waals surface area contributed by atoms with Crippen molar-refractivity contribution in [1.82, 2.24) is 30.4 Å². The molecule has 1 aliphatic heterocycles. The van der Waals surface area contributed by atoms with E-state index in [1.165, 1.54) is 17.4 Å². The summed E-state index contributed by atoms with van der Waals surface area (Å²) in [7, 11) is 0. The number of amides is 2. The standard InChI is InChI=1S/C25H30N6O4/c1-14(2)19(20(32)22-29-30-24(35-22)25(3,4)5)28-21(33)18-10-15-8-6-7-9-16(15)12-31(18)23(34)17-11-26-13-27-17/h6-9,11,13-14,18-19H,10,12H2,1-5H3,(H,26,27)(H,28,33)/t18-,19-/m0/s1. The van der Waals surface area contributed by atoms with E-state index < -0.39 is 29.2 Å². The maximum atomic E-state index is 13.6. The lowest BCUT2D eigenvalue weighted by molar-refractivity contribution is -0.126. The maximum Gasteiger partial charge on any atom is 0.286 e. The number of hydrogen-bond acceptors (Lipinski definition) is 7. The van der Waals surface area contributed by atoms with Gasteiger partial charge in [-0.05, 0) is 17.0 Å². The van der Waals surface area contributed by atoms with E-state index in [0.717, 1.165) is 11.1 Å². The third-order valence-corrected chi connectivity index (χ3v) is 6.06. The first-order chi connectivity index (χ1) is 16.6. The molecule has 3 aromatic rings. The number of hydrogen-bond donors (Lipinski definition) is 2. The van der Waals surface area contributed by atoms with E-state index in [9.17, 15) is 14.4 Å². The van der Waals surface area contributed by atoms with Crippen LogP contribution >= 0.6 is 0 Å².